The molecule has 2 heteroatoms. The third kappa shape index (κ3) is 2.70. The largest absolute Gasteiger partial charge is 0.226 e. The Balaban J connectivity index is 2.21. The van der Waals surface area contributed by atoms with Gasteiger partial charge in [0.05, 0.1) is 0 Å². The van der Waals surface area contributed by atoms with E-state index < -0.39 is 4.58 Å². The first kappa shape index (κ1) is 11.3. The molecule has 0 saturated carbocycles. The molecule has 0 bridgehead atoms. The highest BCUT2D eigenvalue weighted by atomic mass is 79.9. The van der Waals surface area contributed by atoms with E-state index in [1.165, 1.54) is 0 Å². The second-order valence-electron chi connectivity index (χ2n) is 3.73. The van der Waals surface area contributed by atoms with Crippen molar-refractivity contribution in [3.05, 3.63) is 71.8 Å². The lowest BCUT2D eigenvalue weighted by atomic mass is 10.0. The standard InChI is InChI=1S/C14H12BrF/c15-14(16,13-9-5-2-6-10-13)11-12-7-3-1-4-8-12/h1-10H,11H2. The molecule has 0 nitrogen and oxygen atoms in total. The van der Waals surface area contributed by atoms with Crippen LogP contribution in [0, 0.1) is 0 Å². The van der Waals surface area contributed by atoms with Crippen LogP contribution >= 0.6 is 15.9 Å². The Labute approximate surface area is 103 Å². The predicted octanol–water partition coefficient (Wildman–Crippen LogP) is 4.45. The number of alkyl halides is 2. The van der Waals surface area contributed by atoms with Crippen molar-refractivity contribution in [2.75, 3.05) is 0 Å². The highest BCUT2D eigenvalue weighted by Crippen LogP contribution is 2.36. The molecular formula is C14H12BrF. The number of halogens is 2. The topological polar surface area (TPSA) is 0 Å². The van der Waals surface area contributed by atoms with Crippen LogP contribution in [0.5, 0.6) is 0 Å². The summed E-state index contributed by atoms with van der Waals surface area (Å²) in [5, 5.41) is 0. The van der Waals surface area contributed by atoms with Gasteiger partial charge in [0.15, 0.2) is 4.58 Å². The van der Waals surface area contributed by atoms with Gasteiger partial charge >= 0.3 is 0 Å². The lowest BCUT2D eigenvalue weighted by molar-refractivity contribution is 0.303. The smallest absolute Gasteiger partial charge is 0.194 e. The molecule has 0 radical (unpaired) electrons. The molecular weight excluding hydrogens is 267 g/mol. The normalized spacial score (nSPS) is 14.4. The van der Waals surface area contributed by atoms with Crippen molar-refractivity contribution in [2.24, 2.45) is 0 Å². The number of hydrogen-bond acceptors (Lipinski definition) is 0. The van der Waals surface area contributed by atoms with Crippen LogP contribution in [0.4, 0.5) is 4.39 Å². The van der Waals surface area contributed by atoms with E-state index in [1.54, 1.807) is 12.1 Å². The molecule has 2 aromatic rings. The van der Waals surface area contributed by atoms with Crippen LogP contribution in [0.3, 0.4) is 0 Å². The third-order valence-corrected chi connectivity index (χ3v) is 3.20. The van der Waals surface area contributed by atoms with Crippen LogP contribution in [-0.2, 0) is 11.0 Å². The van der Waals surface area contributed by atoms with E-state index in [4.69, 9.17) is 0 Å². The Bertz CT molecular complexity index is 437. The van der Waals surface area contributed by atoms with E-state index in [9.17, 15) is 4.39 Å². The quantitative estimate of drug-likeness (QED) is 0.728. The van der Waals surface area contributed by atoms with E-state index in [2.05, 4.69) is 15.9 Å². The maximum Gasteiger partial charge on any atom is 0.194 e. The summed E-state index contributed by atoms with van der Waals surface area (Å²) in [7, 11) is 0. The zero-order valence-corrected chi connectivity index (χ0v) is 10.3. The van der Waals surface area contributed by atoms with E-state index in [0.717, 1.165) is 5.56 Å². The van der Waals surface area contributed by atoms with E-state index >= 15 is 0 Å². The van der Waals surface area contributed by atoms with Crippen molar-refractivity contribution >= 4 is 15.9 Å². The van der Waals surface area contributed by atoms with Gasteiger partial charge in [0, 0.05) is 12.0 Å². The molecule has 16 heavy (non-hydrogen) atoms. The van der Waals surface area contributed by atoms with Gasteiger partial charge in [0.2, 0.25) is 0 Å². The first-order chi connectivity index (χ1) is 7.68. The molecule has 0 aromatic heterocycles. The van der Waals surface area contributed by atoms with Crippen LogP contribution in [0.25, 0.3) is 0 Å². The second-order valence-corrected chi connectivity index (χ2v) is 4.99. The van der Waals surface area contributed by atoms with Gasteiger partial charge < -0.3 is 0 Å². The molecule has 0 aliphatic rings. The van der Waals surface area contributed by atoms with Gasteiger partial charge in [-0.05, 0) is 21.5 Å². The van der Waals surface area contributed by atoms with Crippen molar-refractivity contribution in [3.63, 3.8) is 0 Å². The van der Waals surface area contributed by atoms with Gasteiger partial charge in [0.25, 0.3) is 0 Å². The maximum absolute atomic E-state index is 14.4. The molecule has 2 aromatic carbocycles. The summed E-state index contributed by atoms with van der Waals surface area (Å²) in [6, 6.07) is 18.8. The first-order valence-electron chi connectivity index (χ1n) is 5.16. The van der Waals surface area contributed by atoms with Gasteiger partial charge in [0.1, 0.15) is 0 Å². The fraction of sp³-hybridized carbons (Fsp3) is 0.143. The molecule has 0 fully saturated rings. The molecule has 1 atom stereocenters. The van der Waals surface area contributed by atoms with Gasteiger partial charge in [-0.15, -0.1) is 0 Å². The Morgan fingerprint density at radius 2 is 1.38 bits per heavy atom. The number of benzene rings is 2. The molecule has 0 spiro atoms. The van der Waals surface area contributed by atoms with Crippen molar-refractivity contribution in [1.82, 2.24) is 0 Å². The Morgan fingerprint density at radius 3 is 1.94 bits per heavy atom. The number of rotatable bonds is 3. The second kappa shape index (κ2) is 4.79. The summed E-state index contributed by atoms with van der Waals surface area (Å²) < 4.78 is 12.9. The molecule has 0 amide bonds. The zero-order valence-electron chi connectivity index (χ0n) is 8.74. The lowest BCUT2D eigenvalue weighted by Crippen LogP contribution is -2.14. The highest BCUT2D eigenvalue weighted by Gasteiger charge is 2.28. The summed E-state index contributed by atoms with van der Waals surface area (Å²) in [5.74, 6) is 0. The minimum Gasteiger partial charge on any atom is -0.226 e. The summed E-state index contributed by atoms with van der Waals surface area (Å²) >= 11 is 3.16. The molecule has 2 rings (SSSR count). The van der Waals surface area contributed by atoms with Crippen LogP contribution < -0.4 is 0 Å². The van der Waals surface area contributed by atoms with E-state index in [0.29, 0.717) is 12.0 Å². The highest BCUT2D eigenvalue weighted by molar-refractivity contribution is 9.09. The molecule has 0 aliphatic heterocycles. The lowest BCUT2D eigenvalue weighted by Gasteiger charge is -2.18. The zero-order chi connectivity index (χ0) is 11.4. The fourth-order valence-corrected chi connectivity index (χ4v) is 2.22. The van der Waals surface area contributed by atoms with E-state index in [1.807, 2.05) is 48.5 Å². The minimum atomic E-state index is -1.49. The Morgan fingerprint density at radius 1 is 0.875 bits per heavy atom. The molecule has 0 heterocycles. The van der Waals surface area contributed by atoms with Gasteiger partial charge in [-0.3, -0.25) is 0 Å². The molecule has 0 saturated heterocycles. The fourth-order valence-electron chi connectivity index (χ4n) is 1.64. The van der Waals surface area contributed by atoms with Gasteiger partial charge in [-0.1, -0.05) is 60.7 Å². The van der Waals surface area contributed by atoms with Gasteiger partial charge in [-0.2, -0.15) is 0 Å². The first-order valence-corrected chi connectivity index (χ1v) is 5.95. The predicted molar refractivity (Wildman–Crippen MR) is 68.3 cm³/mol. The van der Waals surface area contributed by atoms with Crippen LogP contribution in [-0.4, -0.2) is 0 Å². The van der Waals surface area contributed by atoms with Crippen molar-refractivity contribution in [3.8, 4) is 0 Å². The van der Waals surface area contributed by atoms with Gasteiger partial charge in [-0.25, -0.2) is 4.39 Å². The average molecular weight is 279 g/mol. The molecule has 0 aliphatic carbocycles. The summed E-state index contributed by atoms with van der Waals surface area (Å²) in [5.41, 5.74) is 1.63. The van der Waals surface area contributed by atoms with Crippen molar-refractivity contribution in [2.45, 2.75) is 11.0 Å². The maximum atomic E-state index is 14.4. The third-order valence-electron chi connectivity index (χ3n) is 2.47. The Kier molecular flexibility index (Phi) is 3.39. The molecule has 0 N–H and O–H groups in total. The average Bonchev–Trinajstić information content (AvgIpc) is 2.31. The molecule has 82 valence electrons. The SMILES string of the molecule is FC(Br)(Cc1ccccc1)c1ccccc1. The summed E-state index contributed by atoms with van der Waals surface area (Å²) in [6.07, 6.45) is 0.331. The monoisotopic (exact) mass is 278 g/mol. The Hall–Kier alpha value is -1.15. The van der Waals surface area contributed by atoms with Crippen molar-refractivity contribution in [1.29, 1.82) is 0 Å². The van der Waals surface area contributed by atoms with Crippen LogP contribution in [0.15, 0.2) is 60.7 Å². The molecule has 1 unspecified atom stereocenters. The summed E-state index contributed by atoms with van der Waals surface area (Å²) in [4.78, 5) is 0. The summed E-state index contributed by atoms with van der Waals surface area (Å²) in [6.45, 7) is 0. The van der Waals surface area contributed by atoms with Crippen molar-refractivity contribution < 1.29 is 4.39 Å². The van der Waals surface area contributed by atoms with Crippen LogP contribution in [0.1, 0.15) is 11.1 Å². The minimum absolute atomic E-state index is 0.331. The van der Waals surface area contributed by atoms with E-state index in [-0.39, 0.29) is 0 Å². The van der Waals surface area contributed by atoms with Crippen LogP contribution in [0.2, 0.25) is 0 Å². The number of hydrogen-bond donors (Lipinski definition) is 0.